The van der Waals surface area contributed by atoms with Crippen LogP contribution in [-0.2, 0) is 0 Å². The largest absolute Gasteiger partial charge is 0.395 e. The minimum atomic E-state index is 0.302. The highest BCUT2D eigenvalue weighted by atomic mass is 16.3. The number of aliphatic hydroxyl groups is 1. The van der Waals surface area contributed by atoms with Crippen molar-refractivity contribution in [2.45, 2.75) is 37.8 Å². The van der Waals surface area contributed by atoms with E-state index in [4.69, 9.17) is 0 Å². The van der Waals surface area contributed by atoms with Crippen molar-refractivity contribution < 1.29 is 5.11 Å². The summed E-state index contributed by atoms with van der Waals surface area (Å²) in [6, 6.07) is 3.02. The molecule has 6 heteroatoms. The smallest absolute Gasteiger partial charge is 0.154 e. The van der Waals surface area contributed by atoms with Crippen molar-refractivity contribution in [3.05, 3.63) is 24.7 Å². The second-order valence-electron chi connectivity index (χ2n) is 6.35. The van der Waals surface area contributed by atoms with Crippen molar-refractivity contribution >= 4 is 11.3 Å². The first-order valence-corrected chi connectivity index (χ1v) is 8.27. The first-order valence-electron chi connectivity index (χ1n) is 8.27. The van der Waals surface area contributed by atoms with E-state index in [1.54, 1.807) is 0 Å². The SMILES string of the molecule is OCC1CCCN1C1CCN(c2nccn3nccc23)CC1. The fraction of sp³-hybridized carbons (Fsp3) is 0.625. The minimum absolute atomic E-state index is 0.302. The van der Waals surface area contributed by atoms with Gasteiger partial charge >= 0.3 is 0 Å². The zero-order valence-corrected chi connectivity index (χ0v) is 12.8. The predicted octanol–water partition coefficient (Wildman–Crippen LogP) is 1.15. The van der Waals surface area contributed by atoms with E-state index in [9.17, 15) is 5.11 Å². The maximum atomic E-state index is 9.52. The Morgan fingerprint density at radius 1 is 1.14 bits per heavy atom. The molecule has 0 amide bonds. The molecule has 1 unspecified atom stereocenters. The molecule has 1 N–H and O–H groups in total. The van der Waals surface area contributed by atoms with Crippen LogP contribution in [0.3, 0.4) is 0 Å². The highest BCUT2D eigenvalue weighted by molar-refractivity contribution is 5.68. The van der Waals surface area contributed by atoms with Gasteiger partial charge in [0, 0.05) is 37.6 Å². The van der Waals surface area contributed by atoms with Gasteiger partial charge in [0.15, 0.2) is 5.82 Å². The van der Waals surface area contributed by atoms with Crippen molar-refractivity contribution in [2.24, 2.45) is 0 Å². The third-order valence-corrected chi connectivity index (χ3v) is 5.17. The van der Waals surface area contributed by atoms with Crippen LogP contribution in [0.1, 0.15) is 25.7 Å². The molecule has 118 valence electrons. The summed E-state index contributed by atoms with van der Waals surface area (Å²) in [4.78, 5) is 9.47. The number of aromatic nitrogens is 3. The van der Waals surface area contributed by atoms with Crippen molar-refractivity contribution in [3.8, 4) is 0 Å². The van der Waals surface area contributed by atoms with E-state index in [2.05, 4.69) is 19.9 Å². The molecule has 0 aromatic carbocycles. The Morgan fingerprint density at radius 2 is 2.00 bits per heavy atom. The summed E-state index contributed by atoms with van der Waals surface area (Å²) in [6.45, 7) is 3.50. The quantitative estimate of drug-likeness (QED) is 0.922. The van der Waals surface area contributed by atoms with Crippen LogP contribution in [0.4, 0.5) is 5.82 Å². The summed E-state index contributed by atoms with van der Waals surface area (Å²) >= 11 is 0. The Labute approximate surface area is 130 Å². The summed E-state index contributed by atoms with van der Waals surface area (Å²) in [5.41, 5.74) is 1.08. The van der Waals surface area contributed by atoms with Crippen LogP contribution >= 0.6 is 0 Å². The van der Waals surface area contributed by atoms with Crippen molar-refractivity contribution in [3.63, 3.8) is 0 Å². The number of piperidine rings is 1. The zero-order valence-electron chi connectivity index (χ0n) is 12.8. The molecular weight excluding hydrogens is 278 g/mol. The maximum absolute atomic E-state index is 9.52. The van der Waals surface area contributed by atoms with E-state index in [-0.39, 0.29) is 0 Å². The molecule has 0 spiro atoms. The average molecular weight is 301 g/mol. The van der Waals surface area contributed by atoms with E-state index < -0.39 is 0 Å². The van der Waals surface area contributed by atoms with Gasteiger partial charge in [-0.25, -0.2) is 9.50 Å². The highest BCUT2D eigenvalue weighted by Gasteiger charge is 2.32. The molecule has 2 saturated heterocycles. The van der Waals surface area contributed by atoms with E-state index >= 15 is 0 Å². The molecule has 4 rings (SSSR count). The molecule has 2 aromatic heterocycles. The monoisotopic (exact) mass is 301 g/mol. The van der Waals surface area contributed by atoms with Gasteiger partial charge in [0.25, 0.3) is 0 Å². The Hall–Kier alpha value is -1.66. The van der Waals surface area contributed by atoms with Gasteiger partial charge in [0.2, 0.25) is 0 Å². The molecule has 0 radical (unpaired) electrons. The topological polar surface area (TPSA) is 56.9 Å². The number of rotatable bonds is 3. The molecule has 1 atom stereocenters. The van der Waals surface area contributed by atoms with Crippen LogP contribution in [0.15, 0.2) is 24.7 Å². The highest BCUT2D eigenvalue weighted by Crippen LogP contribution is 2.28. The first-order chi connectivity index (χ1) is 10.9. The summed E-state index contributed by atoms with van der Waals surface area (Å²) in [5.74, 6) is 1.04. The number of nitrogens with zero attached hydrogens (tertiary/aromatic N) is 5. The first kappa shape index (κ1) is 14.0. The molecule has 0 bridgehead atoms. The van der Waals surface area contributed by atoms with Crippen LogP contribution in [0.5, 0.6) is 0 Å². The van der Waals surface area contributed by atoms with E-state index in [1.165, 1.54) is 6.42 Å². The molecule has 2 aromatic rings. The van der Waals surface area contributed by atoms with Crippen LogP contribution in [0.2, 0.25) is 0 Å². The van der Waals surface area contributed by atoms with Crippen molar-refractivity contribution in [1.82, 2.24) is 19.5 Å². The third-order valence-electron chi connectivity index (χ3n) is 5.17. The lowest BCUT2D eigenvalue weighted by Crippen LogP contribution is -2.48. The van der Waals surface area contributed by atoms with Gasteiger partial charge in [-0.05, 0) is 38.3 Å². The molecule has 2 aliphatic rings. The van der Waals surface area contributed by atoms with Crippen LogP contribution in [0, 0.1) is 0 Å². The lowest BCUT2D eigenvalue weighted by molar-refractivity contribution is 0.105. The Balaban J connectivity index is 1.47. The fourth-order valence-corrected chi connectivity index (χ4v) is 4.03. The third kappa shape index (κ3) is 2.36. The predicted molar refractivity (Wildman–Crippen MR) is 85.0 cm³/mol. The van der Waals surface area contributed by atoms with Gasteiger partial charge < -0.3 is 10.0 Å². The molecule has 0 aliphatic carbocycles. The van der Waals surface area contributed by atoms with Gasteiger partial charge in [0.05, 0.1) is 12.8 Å². The van der Waals surface area contributed by atoms with Gasteiger partial charge in [-0.3, -0.25) is 4.90 Å². The standard InChI is InChI=1S/C16H23N5O/c22-12-14-2-1-8-20(14)13-4-9-19(10-5-13)16-15-3-6-18-21(15)11-7-17-16/h3,6-7,11,13-14,22H,1-2,4-5,8-10,12H2. The summed E-state index contributed by atoms with van der Waals surface area (Å²) < 4.78 is 1.89. The van der Waals surface area contributed by atoms with Gasteiger partial charge in [-0.15, -0.1) is 0 Å². The second kappa shape index (κ2) is 5.85. The second-order valence-corrected chi connectivity index (χ2v) is 6.35. The Kier molecular flexibility index (Phi) is 3.72. The molecule has 2 fully saturated rings. The van der Waals surface area contributed by atoms with Gasteiger partial charge in [-0.2, -0.15) is 5.10 Å². The minimum Gasteiger partial charge on any atom is -0.395 e. The van der Waals surface area contributed by atoms with Gasteiger partial charge in [-0.1, -0.05) is 0 Å². The van der Waals surface area contributed by atoms with Crippen molar-refractivity contribution in [1.29, 1.82) is 0 Å². The Bertz CT molecular complexity index is 634. The summed E-state index contributed by atoms with van der Waals surface area (Å²) in [7, 11) is 0. The molecule has 4 heterocycles. The molecule has 22 heavy (non-hydrogen) atoms. The van der Waals surface area contributed by atoms with Crippen LogP contribution < -0.4 is 4.90 Å². The zero-order chi connectivity index (χ0) is 14.9. The molecule has 0 saturated carbocycles. The van der Waals surface area contributed by atoms with Crippen molar-refractivity contribution in [2.75, 3.05) is 31.1 Å². The molecular formula is C16H23N5O. The number of hydrogen-bond donors (Lipinski definition) is 1. The Morgan fingerprint density at radius 3 is 2.82 bits per heavy atom. The van der Waals surface area contributed by atoms with E-state index in [0.29, 0.717) is 18.7 Å². The van der Waals surface area contributed by atoms with Crippen LogP contribution in [-0.4, -0.2) is 62.9 Å². The molecule has 6 nitrogen and oxygen atoms in total. The van der Waals surface area contributed by atoms with Crippen LogP contribution in [0.25, 0.3) is 5.52 Å². The maximum Gasteiger partial charge on any atom is 0.154 e. The fourth-order valence-electron chi connectivity index (χ4n) is 4.03. The summed E-state index contributed by atoms with van der Waals surface area (Å²) in [5, 5.41) is 13.8. The number of hydrogen-bond acceptors (Lipinski definition) is 5. The average Bonchev–Trinajstić information content (AvgIpc) is 3.23. The van der Waals surface area contributed by atoms with Gasteiger partial charge in [0.1, 0.15) is 5.52 Å². The number of anilines is 1. The lowest BCUT2D eigenvalue weighted by Gasteiger charge is -2.39. The lowest BCUT2D eigenvalue weighted by atomic mass is 10.0. The summed E-state index contributed by atoms with van der Waals surface area (Å²) in [6.07, 6.45) is 10.2. The number of fused-ring (bicyclic) bond motifs is 1. The van der Waals surface area contributed by atoms with E-state index in [0.717, 1.165) is 50.2 Å². The normalized spacial score (nSPS) is 24.4. The number of likely N-dealkylation sites (tertiary alicyclic amines) is 1. The number of aliphatic hydroxyl groups excluding tert-OH is 1. The van der Waals surface area contributed by atoms with E-state index in [1.807, 2.05) is 29.2 Å². The molecule has 2 aliphatic heterocycles.